The zero-order valence-electron chi connectivity index (χ0n) is 10.7. The molecule has 0 atom stereocenters. The van der Waals surface area contributed by atoms with E-state index in [-0.39, 0.29) is 5.91 Å². The van der Waals surface area contributed by atoms with Gasteiger partial charge in [0, 0.05) is 30.9 Å². The van der Waals surface area contributed by atoms with Crippen molar-refractivity contribution >= 4 is 5.91 Å². The molecule has 0 aliphatic rings. The summed E-state index contributed by atoms with van der Waals surface area (Å²) in [6.45, 7) is 2.58. The lowest BCUT2D eigenvalue weighted by atomic mass is 10.2. The van der Waals surface area contributed by atoms with E-state index in [0.717, 1.165) is 17.7 Å². The molecule has 1 aromatic carbocycles. The van der Waals surface area contributed by atoms with Gasteiger partial charge in [0.15, 0.2) is 0 Å². The highest BCUT2D eigenvalue weighted by atomic mass is 16.1. The Kier molecular flexibility index (Phi) is 3.77. The van der Waals surface area contributed by atoms with E-state index < -0.39 is 0 Å². The third-order valence-electron chi connectivity index (χ3n) is 2.80. The third kappa shape index (κ3) is 2.77. The maximum absolute atomic E-state index is 11.9. The maximum atomic E-state index is 11.9. The van der Waals surface area contributed by atoms with Gasteiger partial charge in [-0.1, -0.05) is 25.1 Å². The lowest BCUT2D eigenvalue weighted by molar-refractivity contribution is 0.0951. The van der Waals surface area contributed by atoms with Gasteiger partial charge in [0.2, 0.25) is 0 Å². The molecular weight excluding hydrogens is 226 g/mol. The normalized spacial score (nSPS) is 10.3. The predicted octanol–water partition coefficient (Wildman–Crippen LogP) is 1.91. The Balaban J connectivity index is 2.01. The number of amides is 1. The fraction of sp³-hybridized carbons (Fsp3) is 0.286. The minimum absolute atomic E-state index is 0.0542. The molecule has 1 aromatic heterocycles. The van der Waals surface area contributed by atoms with Crippen LogP contribution in [0.25, 0.3) is 0 Å². The standard InChI is InChI=1S/C14H17N3O/c1-3-13-12(10-17(2)16-13)9-15-14(18)11-7-5-4-6-8-11/h4-8,10H,3,9H2,1-2H3,(H,15,18). The molecule has 0 saturated carbocycles. The Morgan fingerprint density at radius 3 is 2.72 bits per heavy atom. The highest BCUT2D eigenvalue weighted by molar-refractivity contribution is 5.94. The van der Waals surface area contributed by atoms with E-state index in [0.29, 0.717) is 12.1 Å². The van der Waals surface area contributed by atoms with Crippen LogP contribution in [0.2, 0.25) is 0 Å². The fourth-order valence-electron chi connectivity index (χ4n) is 1.90. The predicted molar refractivity (Wildman–Crippen MR) is 70.2 cm³/mol. The summed E-state index contributed by atoms with van der Waals surface area (Å²) in [7, 11) is 1.89. The molecule has 2 aromatic rings. The second kappa shape index (κ2) is 5.49. The van der Waals surface area contributed by atoms with Gasteiger partial charge in [-0.3, -0.25) is 9.48 Å². The summed E-state index contributed by atoms with van der Waals surface area (Å²) in [6.07, 6.45) is 2.82. The molecule has 4 heteroatoms. The van der Waals surface area contributed by atoms with E-state index in [2.05, 4.69) is 17.3 Å². The minimum atomic E-state index is -0.0542. The largest absolute Gasteiger partial charge is 0.348 e. The fourth-order valence-corrected chi connectivity index (χ4v) is 1.90. The molecule has 0 saturated heterocycles. The first-order valence-corrected chi connectivity index (χ1v) is 6.05. The van der Waals surface area contributed by atoms with Crippen molar-refractivity contribution in [2.75, 3.05) is 0 Å². The van der Waals surface area contributed by atoms with Crippen molar-refractivity contribution in [2.24, 2.45) is 7.05 Å². The van der Waals surface area contributed by atoms with Gasteiger partial charge in [-0.15, -0.1) is 0 Å². The number of hydrogen-bond acceptors (Lipinski definition) is 2. The maximum Gasteiger partial charge on any atom is 0.251 e. The minimum Gasteiger partial charge on any atom is -0.348 e. The number of rotatable bonds is 4. The second-order valence-corrected chi connectivity index (χ2v) is 4.18. The van der Waals surface area contributed by atoms with Gasteiger partial charge in [-0.05, 0) is 18.6 Å². The van der Waals surface area contributed by atoms with Crippen LogP contribution < -0.4 is 5.32 Å². The van der Waals surface area contributed by atoms with Crippen LogP contribution in [0.3, 0.4) is 0 Å². The number of carbonyl (C=O) groups is 1. The van der Waals surface area contributed by atoms with Crippen molar-refractivity contribution in [1.82, 2.24) is 15.1 Å². The second-order valence-electron chi connectivity index (χ2n) is 4.18. The third-order valence-corrected chi connectivity index (χ3v) is 2.80. The molecule has 0 aliphatic heterocycles. The number of nitrogens with one attached hydrogen (secondary N) is 1. The van der Waals surface area contributed by atoms with Crippen molar-refractivity contribution < 1.29 is 4.79 Å². The first kappa shape index (κ1) is 12.4. The molecule has 1 heterocycles. The Hall–Kier alpha value is -2.10. The summed E-state index contributed by atoms with van der Waals surface area (Å²) in [5.74, 6) is -0.0542. The lowest BCUT2D eigenvalue weighted by Gasteiger charge is -2.04. The van der Waals surface area contributed by atoms with Crippen LogP contribution in [0.15, 0.2) is 36.5 Å². The van der Waals surface area contributed by atoms with E-state index in [1.807, 2.05) is 31.4 Å². The van der Waals surface area contributed by atoms with Crippen molar-refractivity contribution in [2.45, 2.75) is 19.9 Å². The van der Waals surface area contributed by atoms with Crippen LogP contribution in [-0.4, -0.2) is 15.7 Å². The average Bonchev–Trinajstić information content (AvgIpc) is 2.77. The molecule has 4 nitrogen and oxygen atoms in total. The molecule has 2 rings (SSSR count). The summed E-state index contributed by atoms with van der Waals surface area (Å²) in [5, 5.41) is 7.26. The van der Waals surface area contributed by atoms with E-state index in [1.54, 1.807) is 16.8 Å². The van der Waals surface area contributed by atoms with Gasteiger partial charge < -0.3 is 5.32 Å². The number of aryl methyl sites for hydroxylation is 2. The molecule has 0 fully saturated rings. The zero-order chi connectivity index (χ0) is 13.0. The van der Waals surface area contributed by atoms with E-state index in [4.69, 9.17) is 0 Å². The summed E-state index contributed by atoms with van der Waals surface area (Å²) < 4.78 is 1.78. The SMILES string of the molecule is CCc1nn(C)cc1CNC(=O)c1ccccc1. The van der Waals surface area contributed by atoms with Gasteiger partial charge >= 0.3 is 0 Å². The van der Waals surface area contributed by atoms with Gasteiger partial charge in [0.25, 0.3) is 5.91 Å². The molecule has 0 spiro atoms. The van der Waals surface area contributed by atoms with Gasteiger partial charge in [0.05, 0.1) is 5.69 Å². The van der Waals surface area contributed by atoms with Gasteiger partial charge in [0.1, 0.15) is 0 Å². The van der Waals surface area contributed by atoms with Crippen LogP contribution >= 0.6 is 0 Å². The Bertz CT molecular complexity index is 531. The smallest absolute Gasteiger partial charge is 0.251 e. The number of carbonyl (C=O) groups excluding carboxylic acids is 1. The van der Waals surface area contributed by atoms with E-state index >= 15 is 0 Å². The average molecular weight is 243 g/mol. The zero-order valence-corrected chi connectivity index (χ0v) is 10.7. The summed E-state index contributed by atoms with van der Waals surface area (Å²) in [4.78, 5) is 11.9. The molecule has 0 bridgehead atoms. The monoisotopic (exact) mass is 243 g/mol. The molecule has 0 unspecified atom stereocenters. The van der Waals surface area contributed by atoms with Gasteiger partial charge in [-0.25, -0.2) is 0 Å². The summed E-state index contributed by atoms with van der Waals surface area (Å²) in [5.41, 5.74) is 2.79. The summed E-state index contributed by atoms with van der Waals surface area (Å²) in [6, 6.07) is 9.22. The van der Waals surface area contributed by atoms with Crippen LogP contribution in [0.1, 0.15) is 28.5 Å². The Morgan fingerprint density at radius 2 is 2.06 bits per heavy atom. The van der Waals surface area contributed by atoms with Crippen molar-refractivity contribution in [3.8, 4) is 0 Å². The topological polar surface area (TPSA) is 46.9 Å². The van der Waals surface area contributed by atoms with E-state index in [1.165, 1.54) is 0 Å². The molecule has 0 aliphatic carbocycles. The molecule has 0 radical (unpaired) electrons. The Labute approximate surface area is 107 Å². The number of hydrogen-bond donors (Lipinski definition) is 1. The first-order chi connectivity index (χ1) is 8.70. The number of nitrogens with zero attached hydrogens (tertiary/aromatic N) is 2. The molecule has 1 amide bonds. The van der Waals surface area contributed by atoms with Gasteiger partial charge in [-0.2, -0.15) is 5.10 Å². The first-order valence-electron chi connectivity index (χ1n) is 6.05. The molecule has 1 N–H and O–H groups in total. The van der Waals surface area contributed by atoms with Crippen LogP contribution in [-0.2, 0) is 20.0 Å². The van der Waals surface area contributed by atoms with E-state index in [9.17, 15) is 4.79 Å². The lowest BCUT2D eigenvalue weighted by Crippen LogP contribution is -2.22. The van der Waals surface area contributed by atoms with Crippen molar-refractivity contribution in [3.05, 3.63) is 53.3 Å². The number of benzene rings is 1. The van der Waals surface area contributed by atoms with Crippen LogP contribution in [0, 0.1) is 0 Å². The molecule has 94 valence electrons. The van der Waals surface area contributed by atoms with Crippen molar-refractivity contribution in [3.63, 3.8) is 0 Å². The number of aromatic nitrogens is 2. The van der Waals surface area contributed by atoms with Crippen LogP contribution in [0.5, 0.6) is 0 Å². The van der Waals surface area contributed by atoms with Crippen LogP contribution in [0.4, 0.5) is 0 Å². The molecular formula is C14H17N3O. The highest BCUT2D eigenvalue weighted by Crippen LogP contribution is 2.07. The summed E-state index contributed by atoms with van der Waals surface area (Å²) >= 11 is 0. The van der Waals surface area contributed by atoms with Crippen molar-refractivity contribution in [1.29, 1.82) is 0 Å². The molecule has 18 heavy (non-hydrogen) atoms. The Morgan fingerprint density at radius 1 is 1.33 bits per heavy atom. The quantitative estimate of drug-likeness (QED) is 0.891. The highest BCUT2D eigenvalue weighted by Gasteiger charge is 2.08.